The Morgan fingerprint density at radius 2 is 1.79 bits per heavy atom. The highest BCUT2D eigenvalue weighted by atomic mass is 35.5. The van der Waals surface area contributed by atoms with Crippen LogP contribution in [0.1, 0.15) is 16.9 Å². The number of ether oxygens (including phenoxy) is 1. The maximum Gasteiger partial charge on any atom is 0.267 e. The summed E-state index contributed by atoms with van der Waals surface area (Å²) in [4.78, 5) is 27.9. The molecule has 2 amide bonds. The molecule has 0 atom stereocenters. The van der Waals surface area contributed by atoms with E-state index in [0.29, 0.717) is 42.9 Å². The number of hydrogen-bond acceptors (Lipinski definition) is 7. The second-order valence-electron chi connectivity index (χ2n) is 9.02. The van der Waals surface area contributed by atoms with Gasteiger partial charge in [-0.3, -0.25) is 14.5 Å². The van der Waals surface area contributed by atoms with Gasteiger partial charge in [-0.05, 0) is 84.1 Å². The predicted molar refractivity (Wildman–Crippen MR) is 173 cm³/mol. The standard InChI is InChI=1S/C32H24Cl2N4O4S/c33-24-10-13-26(14-11-24)36-30(39)21-42-28-15-12-25(34)18-23(28)19-29-31(40)38(20-27-9-5-17-41-27)32(43-29)37-35-16-4-8-22-6-2-1-3-7-22/h1-19H,20-21H2,(H,36,39)/b8-4+,29-19-,35-16-,37-32+. The van der Waals surface area contributed by atoms with E-state index >= 15 is 0 Å². The summed E-state index contributed by atoms with van der Waals surface area (Å²) in [7, 11) is 0. The lowest BCUT2D eigenvalue weighted by Crippen LogP contribution is -2.28. The number of anilines is 1. The zero-order chi connectivity index (χ0) is 30.0. The second kappa shape index (κ2) is 14.6. The molecule has 1 fully saturated rings. The summed E-state index contributed by atoms with van der Waals surface area (Å²) in [6.07, 6.45) is 8.42. The highest BCUT2D eigenvalue weighted by Gasteiger charge is 2.34. The molecule has 1 aliphatic heterocycles. The van der Waals surface area contributed by atoms with Crippen molar-refractivity contribution >= 4 is 76.0 Å². The van der Waals surface area contributed by atoms with E-state index in [1.807, 2.05) is 36.4 Å². The molecular formula is C32H24Cl2N4O4S. The van der Waals surface area contributed by atoms with Crippen LogP contribution in [0.5, 0.6) is 5.75 Å². The van der Waals surface area contributed by atoms with Crippen molar-refractivity contribution in [1.29, 1.82) is 0 Å². The van der Waals surface area contributed by atoms with E-state index in [1.165, 1.54) is 4.90 Å². The molecule has 0 aliphatic carbocycles. The van der Waals surface area contributed by atoms with E-state index in [9.17, 15) is 9.59 Å². The molecule has 8 nitrogen and oxygen atoms in total. The topological polar surface area (TPSA) is 96.5 Å². The van der Waals surface area contributed by atoms with Gasteiger partial charge in [0.1, 0.15) is 11.5 Å². The van der Waals surface area contributed by atoms with Gasteiger partial charge in [0.2, 0.25) is 0 Å². The molecule has 11 heteroatoms. The summed E-state index contributed by atoms with van der Waals surface area (Å²) >= 11 is 13.3. The maximum atomic E-state index is 13.5. The van der Waals surface area contributed by atoms with Gasteiger partial charge in [0.05, 0.1) is 17.7 Å². The summed E-state index contributed by atoms with van der Waals surface area (Å²) in [5, 5.41) is 12.6. The lowest BCUT2D eigenvalue weighted by molar-refractivity contribution is -0.122. The minimum Gasteiger partial charge on any atom is -0.483 e. The normalized spacial score (nSPS) is 15.3. The van der Waals surface area contributed by atoms with Crippen LogP contribution < -0.4 is 10.1 Å². The Bertz CT molecular complexity index is 1700. The number of carbonyl (C=O) groups is 2. The van der Waals surface area contributed by atoms with Crippen LogP contribution in [0.15, 0.2) is 117 Å². The number of thioether (sulfide) groups is 1. The van der Waals surface area contributed by atoms with E-state index in [4.69, 9.17) is 32.4 Å². The second-order valence-corrected chi connectivity index (χ2v) is 10.9. The van der Waals surface area contributed by atoms with Gasteiger partial charge in [0.15, 0.2) is 11.8 Å². The summed E-state index contributed by atoms with van der Waals surface area (Å²) in [6.45, 7) is -0.0851. The predicted octanol–water partition coefficient (Wildman–Crippen LogP) is 7.78. The number of halogens is 2. The number of nitrogens with one attached hydrogen (secondary N) is 1. The van der Waals surface area contributed by atoms with Gasteiger partial charge in [-0.15, -0.1) is 5.10 Å². The first-order valence-electron chi connectivity index (χ1n) is 13.0. The number of furan rings is 1. The number of carbonyl (C=O) groups excluding carboxylic acids is 2. The van der Waals surface area contributed by atoms with Crippen molar-refractivity contribution < 1.29 is 18.7 Å². The Kier molecular flexibility index (Phi) is 10.1. The van der Waals surface area contributed by atoms with Gasteiger partial charge < -0.3 is 14.5 Å². The molecule has 216 valence electrons. The van der Waals surface area contributed by atoms with Gasteiger partial charge >= 0.3 is 0 Å². The molecular weight excluding hydrogens is 607 g/mol. The van der Waals surface area contributed by atoms with Crippen LogP contribution in [0.3, 0.4) is 0 Å². The lowest BCUT2D eigenvalue weighted by atomic mass is 10.2. The van der Waals surface area contributed by atoms with Crippen molar-refractivity contribution in [3.63, 3.8) is 0 Å². The minimum absolute atomic E-state index is 0.175. The Morgan fingerprint density at radius 1 is 1.00 bits per heavy atom. The minimum atomic E-state index is -0.361. The van der Waals surface area contributed by atoms with Gasteiger partial charge in [-0.25, -0.2) is 0 Å². The molecule has 4 aromatic rings. The highest BCUT2D eigenvalue weighted by molar-refractivity contribution is 8.18. The van der Waals surface area contributed by atoms with Crippen LogP contribution in [0.2, 0.25) is 10.0 Å². The zero-order valence-corrected chi connectivity index (χ0v) is 24.9. The molecule has 1 saturated heterocycles. The van der Waals surface area contributed by atoms with Crippen LogP contribution in [-0.2, 0) is 16.1 Å². The van der Waals surface area contributed by atoms with Crippen molar-refractivity contribution in [2.24, 2.45) is 10.2 Å². The van der Waals surface area contributed by atoms with E-state index in [1.54, 1.807) is 79.2 Å². The van der Waals surface area contributed by atoms with Crippen molar-refractivity contribution in [2.45, 2.75) is 6.54 Å². The first-order chi connectivity index (χ1) is 20.9. The Hall–Kier alpha value is -4.57. The van der Waals surface area contributed by atoms with Crippen molar-refractivity contribution in [3.05, 3.63) is 129 Å². The number of allylic oxidation sites excluding steroid dienone is 1. The Labute approximate surface area is 262 Å². The number of hydrogen-bond donors (Lipinski definition) is 1. The molecule has 0 saturated carbocycles. The van der Waals surface area contributed by atoms with E-state index in [0.717, 1.165) is 17.3 Å². The number of rotatable bonds is 10. The fourth-order valence-electron chi connectivity index (χ4n) is 3.90. The molecule has 1 aliphatic rings. The van der Waals surface area contributed by atoms with Crippen LogP contribution in [-0.4, -0.2) is 34.7 Å². The smallest absolute Gasteiger partial charge is 0.267 e. The average molecular weight is 632 g/mol. The number of nitrogens with zero attached hydrogens (tertiary/aromatic N) is 3. The lowest BCUT2D eigenvalue weighted by Gasteiger charge is -2.12. The highest BCUT2D eigenvalue weighted by Crippen LogP contribution is 2.36. The molecule has 1 N–H and O–H groups in total. The molecule has 5 rings (SSSR count). The fourth-order valence-corrected chi connectivity index (χ4v) is 5.13. The van der Waals surface area contributed by atoms with Crippen LogP contribution in [0.4, 0.5) is 5.69 Å². The molecule has 0 radical (unpaired) electrons. The van der Waals surface area contributed by atoms with Gasteiger partial charge in [0.25, 0.3) is 11.8 Å². The van der Waals surface area contributed by atoms with Crippen LogP contribution >= 0.6 is 35.0 Å². The molecule has 0 unspecified atom stereocenters. The average Bonchev–Trinajstić information content (AvgIpc) is 3.62. The third-order valence-corrected chi connectivity index (χ3v) is 7.40. The Morgan fingerprint density at radius 3 is 2.56 bits per heavy atom. The summed E-state index contributed by atoms with van der Waals surface area (Å²) < 4.78 is 11.3. The number of amides is 2. The van der Waals surface area contributed by atoms with Crippen LogP contribution in [0.25, 0.3) is 12.2 Å². The zero-order valence-electron chi connectivity index (χ0n) is 22.5. The molecule has 0 spiro atoms. The van der Waals surface area contributed by atoms with Gasteiger partial charge in [0, 0.05) is 27.5 Å². The third kappa shape index (κ3) is 8.48. The molecule has 3 aromatic carbocycles. The molecule has 43 heavy (non-hydrogen) atoms. The van der Waals surface area contributed by atoms with E-state index in [-0.39, 0.29) is 25.0 Å². The first kappa shape index (κ1) is 29.9. The van der Waals surface area contributed by atoms with E-state index in [2.05, 4.69) is 15.5 Å². The fraction of sp³-hybridized carbons (Fsp3) is 0.0625. The maximum absolute atomic E-state index is 13.5. The summed E-state index contributed by atoms with van der Waals surface area (Å²) in [6, 6.07) is 25.0. The summed E-state index contributed by atoms with van der Waals surface area (Å²) in [5.74, 6) is 0.319. The Balaban J connectivity index is 1.33. The first-order valence-corrected chi connectivity index (χ1v) is 14.6. The quantitative estimate of drug-likeness (QED) is 0.110. The molecule has 0 bridgehead atoms. The molecule has 1 aromatic heterocycles. The largest absolute Gasteiger partial charge is 0.483 e. The van der Waals surface area contributed by atoms with Crippen molar-refractivity contribution in [1.82, 2.24) is 4.90 Å². The van der Waals surface area contributed by atoms with Gasteiger partial charge in [-0.2, -0.15) is 5.10 Å². The van der Waals surface area contributed by atoms with Gasteiger partial charge in [-0.1, -0.05) is 59.6 Å². The van der Waals surface area contributed by atoms with Crippen molar-refractivity contribution in [3.8, 4) is 5.75 Å². The monoisotopic (exact) mass is 630 g/mol. The van der Waals surface area contributed by atoms with Crippen LogP contribution in [0, 0.1) is 0 Å². The molecule has 2 heterocycles. The van der Waals surface area contributed by atoms with E-state index < -0.39 is 0 Å². The number of benzene rings is 3. The SMILES string of the molecule is O=C(COc1ccc(Cl)cc1/C=C1\S/C(=N/N=C\C=C\c2ccccc2)N(Cc2ccco2)C1=O)Nc1ccc(Cl)cc1. The third-order valence-electron chi connectivity index (χ3n) is 5.91. The number of amidine groups is 1. The summed E-state index contributed by atoms with van der Waals surface area (Å²) in [5.41, 5.74) is 2.14. The van der Waals surface area contributed by atoms with Crippen molar-refractivity contribution in [2.75, 3.05) is 11.9 Å².